The Balaban J connectivity index is 1.69. The van der Waals surface area contributed by atoms with Gasteiger partial charge in [0.05, 0.1) is 37.3 Å². The maximum Gasteiger partial charge on any atom is 0.264 e. The number of fused-ring (bicyclic) bond motifs is 1. The Kier molecular flexibility index (Phi) is 8.63. The summed E-state index contributed by atoms with van der Waals surface area (Å²) in [4.78, 5) is 15.2. The van der Waals surface area contributed by atoms with E-state index < -0.39 is 21.7 Å². The molecule has 0 saturated carbocycles. The predicted molar refractivity (Wildman–Crippen MR) is 166 cm³/mol. The fraction of sp³-hybridized carbons (Fsp3) is 0.219. The van der Waals surface area contributed by atoms with Crippen molar-refractivity contribution in [2.45, 2.75) is 29.5 Å². The van der Waals surface area contributed by atoms with Crippen LogP contribution in [0, 0.1) is 0 Å². The van der Waals surface area contributed by atoms with Gasteiger partial charge in [-0.05, 0) is 42.0 Å². The van der Waals surface area contributed by atoms with E-state index in [0.717, 1.165) is 9.87 Å². The summed E-state index contributed by atoms with van der Waals surface area (Å²) >= 11 is 13.0. The van der Waals surface area contributed by atoms with Crippen molar-refractivity contribution < 1.29 is 27.8 Å². The summed E-state index contributed by atoms with van der Waals surface area (Å²) in [6.07, 6.45) is -0.371. The third kappa shape index (κ3) is 5.54. The Labute approximate surface area is 261 Å². The number of methoxy groups -OCH3 is 2. The van der Waals surface area contributed by atoms with Gasteiger partial charge in [-0.25, -0.2) is 8.42 Å². The minimum atomic E-state index is -4.41. The van der Waals surface area contributed by atoms with Crippen molar-refractivity contribution in [3.05, 3.63) is 118 Å². The minimum absolute atomic E-state index is 0.121. The van der Waals surface area contributed by atoms with Gasteiger partial charge in [0.2, 0.25) is 5.91 Å². The number of carbonyl (C=O) groups excluding carboxylic acids is 1. The van der Waals surface area contributed by atoms with E-state index in [1.54, 1.807) is 31.3 Å². The van der Waals surface area contributed by atoms with E-state index in [2.05, 4.69) is 0 Å². The molecule has 1 aliphatic heterocycles. The van der Waals surface area contributed by atoms with Crippen LogP contribution in [-0.4, -0.2) is 51.6 Å². The molecule has 43 heavy (non-hydrogen) atoms. The van der Waals surface area contributed by atoms with Gasteiger partial charge in [0.1, 0.15) is 5.60 Å². The molecule has 0 aliphatic carbocycles. The first kappa shape index (κ1) is 30.7. The lowest BCUT2D eigenvalue weighted by molar-refractivity contribution is -0.131. The fourth-order valence-corrected chi connectivity index (χ4v) is 7.66. The normalized spacial score (nSPS) is 17.8. The molecule has 1 aliphatic rings. The van der Waals surface area contributed by atoms with Gasteiger partial charge in [0, 0.05) is 40.8 Å². The second kappa shape index (κ2) is 12.1. The molecule has 0 bridgehead atoms. The Morgan fingerprint density at radius 2 is 1.58 bits per heavy atom. The Hall–Kier alpha value is -3.76. The molecule has 1 amide bonds. The van der Waals surface area contributed by atoms with Gasteiger partial charge >= 0.3 is 0 Å². The van der Waals surface area contributed by atoms with Crippen LogP contribution in [-0.2, 0) is 27.0 Å². The van der Waals surface area contributed by atoms with Crippen LogP contribution in [0.15, 0.2) is 95.9 Å². The van der Waals surface area contributed by atoms with Gasteiger partial charge in [0.15, 0.2) is 11.5 Å². The van der Waals surface area contributed by atoms with Crippen LogP contribution in [0.2, 0.25) is 10.0 Å². The molecule has 11 heteroatoms. The molecule has 2 atom stereocenters. The molecule has 0 radical (unpaired) electrons. The first-order chi connectivity index (χ1) is 20.5. The first-order valence-corrected chi connectivity index (χ1v) is 15.5. The minimum Gasteiger partial charge on any atom is -0.493 e. The zero-order valence-electron chi connectivity index (χ0n) is 23.7. The number of sulfonamides is 1. The zero-order valence-corrected chi connectivity index (χ0v) is 26.0. The van der Waals surface area contributed by atoms with Crippen molar-refractivity contribution in [3.63, 3.8) is 0 Å². The number of hydrogen-bond donors (Lipinski definition) is 1. The fourth-order valence-electron chi connectivity index (χ4n) is 5.50. The van der Waals surface area contributed by atoms with Crippen LogP contribution < -0.4 is 13.8 Å². The van der Waals surface area contributed by atoms with Crippen molar-refractivity contribution in [1.82, 2.24) is 4.90 Å². The summed E-state index contributed by atoms with van der Waals surface area (Å²) in [5.74, 6) is 0.165. The number of hydrogen-bond acceptors (Lipinski definition) is 6. The van der Waals surface area contributed by atoms with Gasteiger partial charge in [-0.15, -0.1) is 0 Å². The second-order valence-electron chi connectivity index (χ2n) is 10.2. The summed E-state index contributed by atoms with van der Waals surface area (Å²) < 4.78 is 40.8. The molecule has 5 rings (SSSR count). The number of aliphatic hydroxyl groups is 1. The molecule has 1 N–H and O–H groups in total. The van der Waals surface area contributed by atoms with Crippen LogP contribution >= 0.6 is 23.2 Å². The average molecular weight is 642 g/mol. The van der Waals surface area contributed by atoms with E-state index in [0.29, 0.717) is 5.75 Å². The molecule has 0 saturated heterocycles. The summed E-state index contributed by atoms with van der Waals surface area (Å²) in [5, 5.41) is 13.2. The Morgan fingerprint density at radius 3 is 2.26 bits per heavy atom. The number of anilines is 1. The molecule has 0 aromatic heterocycles. The quantitative estimate of drug-likeness (QED) is 0.246. The van der Waals surface area contributed by atoms with Crippen LogP contribution in [0.5, 0.6) is 11.5 Å². The van der Waals surface area contributed by atoms with E-state index >= 15 is 0 Å². The number of nitrogens with zero attached hydrogens (tertiary/aromatic N) is 2. The number of amides is 1. The largest absolute Gasteiger partial charge is 0.493 e. The van der Waals surface area contributed by atoms with Crippen molar-refractivity contribution in [1.29, 1.82) is 0 Å². The van der Waals surface area contributed by atoms with Gasteiger partial charge in [-0.1, -0.05) is 71.7 Å². The lowest BCUT2D eigenvalue weighted by Gasteiger charge is -2.36. The molecule has 8 nitrogen and oxygen atoms in total. The third-order valence-electron chi connectivity index (χ3n) is 7.62. The van der Waals surface area contributed by atoms with E-state index in [4.69, 9.17) is 32.7 Å². The summed E-state index contributed by atoms with van der Waals surface area (Å²) in [5.41, 5.74) is -0.513. The Morgan fingerprint density at radius 1 is 0.907 bits per heavy atom. The van der Waals surface area contributed by atoms with E-state index in [9.17, 15) is 18.3 Å². The third-order valence-corrected chi connectivity index (χ3v) is 10.0. The molecule has 0 spiro atoms. The maximum absolute atomic E-state index is 14.5. The highest BCUT2D eigenvalue weighted by Crippen LogP contribution is 2.53. The lowest BCUT2D eigenvalue weighted by Crippen LogP contribution is -2.50. The summed E-state index contributed by atoms with van der Waals surface area (Å²) in [6, 6.07) is 23.5. The average Bonchev–Trinajstić information content (AvgIpc) is 3.25. The number of ether oxygens (including phenoxy) is 2. The standard InChI is InChI=1S/C32H30Cl2N2O6S/c1-35(20-21-9-5-4-6-10-21)31(37)19-30-32(38,24-11-7-8-12-26(24)34)25-17-22(33)13-15-27(25)36(30)43(39,40)23-14-16-28(41-2)29(18-23)42-3/h4-18,30,38H,19-20H2,1-3H3. The number of rotatable bonds is 9. The zero-order chi connectivity index (χ0) is 30.9. The molecular weight excluding hydrogens is 611 g/mol. The summed E-state index contributed by atoms with van der Waals surface area (Å²) in [6.45, 7) is 0.290. The number of benzene rings is 4. The molecule has 4 aromatic rings. The van der Waals surface area contributed by atoms with Crippen LogP contribution in [0.1, 0.15) is 23.1 Å². The van der Waals surface area contributed by atoms with Crippen LogP contribution in [0.3, 0.4) is 0 Å². The Bertz CT molecular complexity index is 1770. The van der Waals surface area contributed by atoms with E-state index in [1.807, 2.05) is 30.3 Å². The number of carbonyl (C=O) groups is 1. The van der Waals surface area contributed by atoms with Gasteiger partial charge in [0.25, 0.3) is 10.0 Å². The maximum atomic E-state index is 14.5. The highest BCUT2D eigenvalue weighted by molar-refractivity contribution is 7.93. The molecule has 2 unspecified atom stereocenters. The molecule has 0 fully saturated rings. The smallest absolute Gasteiger partial charge is 0.264 e. The molecule has 1 heterocycles. The molecule has 224 valence electrons. The van der Waals surface area contributed by atoms with Crippen molar-refractivity contribution in [3.8, 4) is 11.5 Å². The number of halogens is 2. The van der Waals surface area contributed by atoms with Crippen LogP contribution in [0.25, 0.3) is 0 Å². The van der Waals surface area contributed by atoms with Gasteiger partial charge in [-0.2, -0.15) is 0 Å². The van der Waals surface area contributed by atoms with Crippen LogP contribution in [0.4, 0.5) is 5.69 Å². The van der Waals surface area contributed by atoms with E-state index in [1.165, 1.54) is 55.5 Å². The van der Waals surface area contributed by atoms with Crippen molar-refractivity contribution in [2.24, 2.45) is 0 Å². The highest BCUT2D eigenvalue weighted by atomic mass is 35.5. The van der Waals surface area contributed by atoms with Gasteiger partial charge < -0.3 is 19.5 Å². The molecule has 4 aromatic carbocycles. The molecular formula is C32H30Cl2N2O6S. The monoisotopic (exact) mass is 640 g/mol. The van der Waals surface area contributed by atoms with Crippen molar-refractivity contribution in [2.75, 3.05) is 25.6 Å². The topological polar surface area (TPSA) is 96.4 Å². The highest BCUT2D eigenvalue weighted by Gasteiger charge is 2.56. The predicted octanol–water partition coefficient (Wildman–Crippen LogP) is 5.87. The first-order valence-electron chi connectivity index (χ1n) is 13.3. The van der Waals surface area contributed by atoms with Crippen molar-refractivity contribution >= 4 is 44.8 Å². The lowest BCUT2D eigenvalue weighted by atomic mass is 9.81. The SMILES string of the molecule is COc1ccc(S(=O)(=O)N2c3ccc(Cl)cc3C(O)(c3ccccc3Cl)C2CC(=O)N(C)Cc2ccccc2)cc1OC. The second-order valence-corrected chi connectivity index (χ2v) is 12.8. The van der Waals surface area contributed by atoms with Gasteiger partial charge in [-0.3, -0.25) is 9.10 Å². The summed E-state index contributed by atoms with van der Waals surface area (Å²) in [7, 11) is 0.0746. The van der Waals surface area contributed by atoms with E-state index in [-0.39, 0.29) is 56.4 Å².